The fraction of sp³-hybridized carbons (Fsp3) is 0.316. The van der Waals surface area contributed by atoms with Gasteiger partial charge in [0.15, 0.2) is 0 Å². The van der Waals surface area contributed by atoms with Crippen LogP contribution >= 0.6 is 11.6 Å². The first kappa shape index (κ1) is 21.3. The second-order valence-electron chi connectivity index (χ2n) is 4.21. The number of halogens is 3. The van der Waals surface area contributed by atoms with Crippen LogP contribution in [0.3, 0.4) is 0 Å². The Morgan fingerprint density at radius 1 is 0.913 bits per heavy atom. The summed E-state index contributed by atoms with van der Waals surface area (Å²) in [5.41, 5.74) is 1.23. The molecule has 0 radical (unpaired) electrons. The maximum atomic E-state index is 13.3. The lowest BCUT2D eigenvalue weighted by Gasteiger charge is -2.15. The quantitative estimate of drug-likeness (QED) is 0.589. The van der Waals surface area contributed by atoms with Crippen LogP contribution in [0, 0.1) is 11.6 Å². The average Bonchev–Trinajstić information content (AvgIpc) is 2.56. The summed E-state index contributed by atoms with van der Waals surface area (Å²) in [5.74, 6) is -1.68. The number of benzene rings is 2. The van der Waals surface area contributed by atoms with Gasteiger partial charge in [-0.25, -0.2) is 8.78 Å². The van der Waals surface area contributed by atoms with Crippen molar-refractivity contribution >= 4 is 17.9 Å². The maximum Gasteiger partial charge on any atom is 0.126 e. The summed E-state index contributed by atoms with van der Waals surface area (Å²) in [6.07, 6.45) is 0.895. The standard InChI is InChI=1S/C15H11ClF2O.2C2H6/c16-12-3-1-10(2-4-12)15(5-6-19)11-7-13(17)9-14(18)8-11;2*1-2/h1-4,6-9,15H,5H2;2*1-2H3/t15-;;/m0../s1. The van der Waals surface area contributed by atoms with Crippen LogP contribution < -0.4 is 0 Å². The Balaban J connectivity index is 0.00000112. The molecule has 1 nitrogen and oxygen atoms in total. The number of carbonyl (C=O) groups is 1. The fourth-order valence-electron chi connectivity index (χ4n) is 2.03. The average molecular weight is 341 g/mol. The third-order valence-corrected chi connectivity index (χ3v) is 3.14. The third kappa shape index (κ3) is 6.91. The van der Waals surface area contributed by atoms with Gasteiger partial charge >= 0.3 is 0 Å². The molecule has 2 aromatic rings. The number of rotatable bonds is 4. The molecular weight excluding hydrogens is 318 g/mol. The zero-order chi connectivity index (χ0) is 17.8. The normalized spacial score (nSPS) is 10.6. The summed E-state index contributed by atoms with van der Waals surface area (Å²) in [5, 5.41) is 0.569. The van der Waals surface area contributed by atoms with Crippen molar-refractivity contribution in [1.29, 1.82) is 0 Å². The molecule has 1 atom stereocenters. The molecule has 0 unspecified atom stereocenters. The highest BCUT2D eigenvalue weighted by Crippen LogP contribution is 2.29. The molecule has 2 rings (SSSR count). The zero-order valence-corrected chi connectivity index (χ0v) is 14.7. The molecule has 0 saturated heterocycles. The minimum Gasteiger partial charge on any atom is -0.303 e. The van der Waals surface area contributed by atoms with Crippen LogP contribution in [0.4, 0.5) is 8.78 Å². The van der Waals surface area contributed by atoms with E-state index in [4.69, 9.17) is 11.6 Å². The van der Waals surface area contributed by atoms with Crippen molar-refractivity contribution in [3.63, 3.8) is 0 Å². The van der Waals surface area contributed by atoms with Gasteiger partial charge in [0.05, 0.1) is 0 Å². The van der Waals surface area contributed by atoms with Gasteiger partial charge in [-0.1, -0.05) is 51.4 Å². The molecule has 126 valence electrons. The Bertz CT molecular complexity index is 562. The first-order valence-electron chi connectivity index (χ1n) is 7.75. The van der Waals surface area contributed by atoms with Crippen molar-refractivity contribution in [2.75, 3.05) is 0 Å². The van der Waals surface area contributed by atoms with E-state index >= 15 is 0 Å². The molecule has 0 aliphatic carbocycles. The molecule has 0 fully saturated rings. The van der Waals surface area contributed by atoms with Crippen molar-refractivity contribution in [2.24, 2.45) is 0 Å². The Morgan fingerprint density at radius 3 is 1.83 bits per heavy atom. The van der Waals surface area contributed by atoms with Crippen molar-refractivity contribution < 1.29 is 13.6 Å². The Morgan fingerprint density at radius 2 is 1.39 bits per heavy atom. The zero-order valence-electron chi connectivity index (χ0n) is 13.9. The highest BCUT2D eigenvalue weighted by atomic mass is 35.5. The van der Waals surface area contributed by atoms with Gasteiger partial charge in [-0.15, -0.1) is 0 Å². The van der Waals surface area contributed by atoms with Crippen molar-refractivity contribution in [2.45, 2.75) is 40.0 Å². The SMILES string of the molecule is CC.CC.O=CC[C@@H](c1ccc(Cl)cc1)c1cc(F)cc(F)c1. The first-order chi connectivity index (χ1) is 11.1. The van der Waals surface area contributed by atoms with Gasteiger partial charge < -0.3 is 4.79 Å². The molecule has 0 saturated carbocycles. The summed E-state index contributed by atoms with van der Waals surface area (Å²) < 4.78 is 26.5. The van der Waals surface area contributed by atoms with Crippen molar-refractivity contribution in [3.05, 3.63) is 70.2 Å². The Hall–Kier alpha value is -1.74. The lowest BCUT2D eigenvalue weighted by atomic mass is 9.89. The predicted molar refractivity (Wildman–Crippen MR) is 93.0 cm³/mol. The van der Waals surface area contributed by atoms with Gasteiger partial charge in [0.1, 0.15) is 17.9 Å². The molecule has 23 heavy (non-hydrogen) atoms. The van der Waals surface area contributed by atoms with E-state index in [1.54, 1.807) is 24.3 Å². The fourth-order valence-corrected chi connectivity index (χ4v) is 2.16. The highest BCUT2D eigenvalue weighted by molar-refractivity contribution is 6.30. The number of hydrogen-bond acceptors (Lipinski definition) is 1. The van der Waals surface area contributed by atoms with E-state index in [2.05, 4.69) is 0 Å². The van der Waals surface area contributed by atoms with Crippen LogP contribution in [0.15, 0.2) is 42.5 Å². The van der Waals surface area contributed by atoms with E-state index in [9.17, 15) is 13.6 Å². The van der Waals surface area contributed by atoms with E-state index in [0.29, 0.717) is 10.6 Å². The van der Waals surface area contributed by atoms with E-state index in [-0.39, 0.29) is 12.3 Å². The molecule has 0 bridgehead atoms. The maximum absolute atomic E-state index is 13.3. The second-order valence-corrected chi connectivity index (χ2v) is 4.65. The molecule has 0 N–H and O–H groups in total. The molecule has 0 spiro atoms. The van der Waals surface area contributed by atoms with Gasteiger partial charge in [-0.3, -0.25) is 0 Å². The summed E-state index contributed by atoms with van der Waals surface area (Å²) in [6.45, 7) is 8.00. The van der Waals surface area contributed by atoms with Gasteiger partial charge in [-0.2, -0.15) is 0 Å². The smallest absolute Gasteiger partial charge is 0.126 e. The van der Waals surface area contributed by atoms with Crippen LogP contribution in [0.25, 0.3) is 0 Å². The summed E-state index contributed by atoms with van der Waals surface area (Å²) in [7, 11) is 0. The van der Waals surface area contributed by atoms with Crippen LogP contribution in [0.2, 0.25) is 5.02 Å². The van der Waals surface area contributed by atoms with Crippen LogP contribution in [-0.2, 0) is 4.79 Å². The second kappa shape index (κ2) is 11.8. The predicted octanol–water partition coefficient (Wildman–Crippen LogP) is 6.39. The molecule has 2 aromatic carbocycles. The lowest BCUT2D eigenvalue weighted by Crippen LogP contribution is -2.03. The minimum absolute atomic E-state index is 0.157. The molecule has 0 aromatic heterocycles. The Kier molecular flexibility index (Phi) is 10.9. The van der Waals surface area contributed by atoms with Crippen LogP contribution in [0.5, 0.6) is 0 Å². The molecule has 4 heteroatoms. The molecule has 0 aliphatic rings. The summed E-state index contributed by atoms with van der Waals surface area (Å²) >= 11 is 5.80. The van der Waals surface area contributed by atoms with Gasteiger partial charge in [0.2, 0.25) is 0 Å². The number of aldehydes is 1. The monoisotopic (exact) mass is 340 g/mol. The minimum atomic E-state index is -0.653. The Labute approximate surface area is 142 Å². The van der Waals surface area contributed by atoms with E-state index in [1.165, 1.54) is 12.1 Å². The molecular formula is C19H23ClF2O. The van der Waals surface area contributed by atoms with Gasteiger partial charge in [0.25, 0.3) is 0 Å². The van der Waals surface area contributed by atoms with E-state index < -0.39 is 11.6 Å². The topological polar surface area (TPSA) is 17.1 Å². The van der Waals surface area contributed by atoms with Gasteiger partial charge in [-0.05, 0) is 35.4 Å². The summed E-state index contributed by atoms with van der Waals surface area (Å²) in [4.78, 5) is 10.8. The first-order valence-corrected chi connectivity index (χ1v) is 8.13. The van der Waals surface area contributed by atoms with E-state index in [0.717, 1.165) is 17.9 Å². The van der Waals surface area contributed by atoms with E-state index in [1.807, 2.05) is 27.7 Å². The van der Waals surface area contributed by atoms with Crippen molar-refractivity contribution in [3.8, 4) is 0 Å². The molecule has 0 aliphatic heterocycles. The number of carbonyl (C=O) groups excluding carboxylic acids is 1. The third-order valence-electron chi connectivity index (χ3n) is 2.89. The number of hydrogen-bond donors (Lipinski definition) is 0. The van der Waals surface area contributed by atoms with Gasteiger partial charge in [0, 0.05) is 23.4 Å². The largest absolute Gasteiger partial charge is 0.303 e. The molecule has 0 heterocycles. The van der Waals surface area contributed by atoms with Crippen LogP contribution in [-0.4, -0.2) is 6.29 Å². The summed E-state index contributed by atoms with van der Waals surface area (Å²) in [6, 6.07) is 10.2. The molecule has 0 amide bonds. The van der Waals surface area contributed by atoms with Crippen molar-refractivity contribution in [1.82, 2.24) is 0 Å². The highest BCUT2D eigenvalue weighted by Gasteiger charge is 2.15. The lowest BCUT2D eigenvalue weighted by molar-refractivity contribution is -0.108. The van der Waals surface area contributed by atoms with Crippen LogP contribution in [0.1, 0.15) is 51.2 Å².